The molecule has 0 saturated carbocycles. The molecule has 3 nitrogen and oxygen atoms in total. The van der Waals surface area contributed by atoms with Gasteiger partial charge < -0.3 is 9.84 Å². The molecule has 1 atom stereocenters. The molecule has 0 radical (unpaired) electrons. The topological polar surface area (TPSA) is 42.4 Å². The molecule has 1 unspecified atom stereocenters. The summed E-state index contributed by atoms with van der Waals surface area (Å²) >= 11 is 0. The lowest BCUT2D eigenvalue weighted by Crippen LogP contribution is -1.94. The highest BCUT2D eigenvalue weighted by Gasteiger charge is 2.05. The monoisotopic (exact) mass is 243 g/mol. The van der Waals surface area contributed by atoms with Gasteiger partial charge in [-0.2, -0.15) is 0 Å². The van der Waals surface area contributed by atoms with Crippen LogP contribution in [0.15, 0.2) is 42.6 Å². The number of aromatic nitrogens is 1. The van der Waals surface area contributed by atoms with Crippen molar-refractivity contribution in [3.05, 3.63) is 48.2 Å². The number of rotatable bonds is 4. The lowest BCUT2D eigenvalue weighted by Gasteiger charge is -2.09. The van der Waals surface area contributed by atoms with Crippen LogP contribution in [0, 0.1) is 0 Å². The van der Waals surface area contributed by atoms with Gasteiger partial charge in [-0.3, -0.25) is 4.98 Å². The van der Waals surface area contributed by atoms with Crippen molar-refractivity contribution in [2.75, 3.05) is 7.11 Å². The quantitative estimate of drug-likeness (QED) is 0.896. The van der Waals surface area contributed by atoms with Gasteiger partial charge in [0.25, 0.3) is 0 Å². The Morgan fingerprint density at radius 1 is 1.17 bits per heavy atom. The van der Waals surface area contributed by atoms with Crippen LogP contribution in [0.3, 0.4) is 0 Å². The van der Waals surface area contributed by atoms with E-state index in [9.17, 15) is 5.11 Å². The average Bonchev–Trinajstić information content (AvgIpc) is 2.47. The Labute approximate surface area is 107 Å². The fourth-order valence-electron chi connectivity index (χ4n) is 1.78. The van der Waals surface area contributed by atoms with E-state index in [4.69, 9.17) is 4.74 Å². The molecule has 18 heavy (non-hydrogen) atoms. The van der Waals surface area contributed by atoms with E-state index in [1.54, 1.807) is 13.3 Å². The van der Waals surface area contributed by atoms with E-state index in [0.717, 1.165) is 29.0 Å². The van der Waals surface area contributed by atoms with Crippen LogP contribution in [-0.4, -0.2) is 17.2 Å². The smallest absolute Gasteiger partial charge is 0.137 e. The second-order valence-electron chi connectivity index (χ2n) is 4.13. The Hall–Kier alpha value is -1.87. The standard InChI is InChI=1S/C15H17NO2/c1-3-15(17)12-6-4-11(5-7-12)14-9-8-13(18-2)10-16-14/h4-10,15,17H,3H2,1-2H3. The maximum Gasteiger partial charge on any atom is 0.137 e. The van der Waals surface area contributed by atoms with E-state index in [1.165, 1.54) is 0 Å². The number of nitrogens with zero attached hydrogens (tertiary/aromatic N) is 1. The first kappa shape index (κ1) is 12.6. The van der Waals surface area contributed by atoms with E-state index < -0.39 is 0 Å². The molecule has 0 bridgehead atoms. The minimum Gasteiger partial charge on any atom is -0.495 e. The number of ether oxygens (including phenoxy) is 1. The van der Waals surface area contributed by atoms with Gasteiger partial charge in [0.15, 0.2) is 0 Å². The highest BCUT2D eigenvalue weighted by molar-refractivity contribution is 5.59. The summed E-state index contributed by atoms with van der Waals surface area (Å²) in [4.78, 5) is 4.33. The Balaban J connectivity index is 2.22. The molecular weight excluding hydrogens is 226 g/mol. The molecule has 0 aliphatic carbocycles. The Morgan fingerprint density at radius 2 is 1.89 bits per heavy atom. The van der Waals surface area contributed by atoms with Gasteiger partial charge in [0.2, 0.25) is 0 Å². The molecule has 1 aromatic carbocycles. The normalized spacial score (nSPS) is 12.2. The fraction of sp³-hybridized carbons (Fsp3) is 0.267. The summed E-state index contributed by atoms with van der Waals surface area (Å²) in [6, 6.07) is 11.6. The van der Waals surface area contributed by atoms with Gasteiger partial charge in [-0.25, -0.2) is 0 Å². The van der Waals surface area contributed by atoms with Crippen molar-refractivity contribution in [2.24, 2.45) is 0 Å². The Bertz CT molecular complexity index is 491. The molecule has 3 heteroatoms. The minimum absolute atomic E-state index is 0.386. The van der Waals surface area contributed by atoms with E-state index in [1.807, 2.05) is 43.3 Å². The van der Waals surface area contributed by atoms with E-state index >= 15 is 0 Å². The minimum atomic E-state index is -0.386. The van der Waals surface area contributed by atoms with Crippen molar-refractivity contribution in [3.63, 3.8) is 0 Å². The van der Waals surface area contributed by atoms with Gasteiger partial charge >= 0.3 is 0 Å². The zero-order valence-corrected chi connectivity index (χ0v) is 10.6. The molecule has 2 rings (SSSR count). The van der Waals surface area contributed by atoms with Crippen LogP contribution in [-0.2, 0) is 0 Å². The first-order chi connectivity index (χ1) is 8.74. The summed E-state index contributed by atoms with van der Waals surface area (Å²) in [6.45, 7) is 1.96. The van der Waals surface area contributed by atoms with Crippen LogP contribution < -0.4 is 4.74 Å². The van der Waals surface area contributed by atoms with Gasteiger partial charge in [0, 0.05) is 5.56 Å². The van der Waals surface area contributed by atoms with Crippen LogP contribution in [0.5, 0.6) is 5.75 Å². The second kappa shape index (κ2) is 5.65. The van der Waals surface area contributed by atoms with Crippen molar-refractivity contribution in [1.29, 1.82) is 0 Å². The molecule has 2 aromatic rings. The van der Waals surface area contributed by atoms with E-state index in [-0.39, 0.29) is 6.10 Å². The maximum atomic E-state index is 9.73. The predicted molar refractivity (Wildman–Crippen MR) is 71.5 cm³/mol. The summed E-state index contributed by atoms with van der Waals surface area (Å²) in [5.74, 6) is 0.747. The maximum absolute atomic E-state index is 9.73. The zero-order chi connectivity index (χ0) is 13.0. The van der Waals surface area contributed by atoms with Gasteiger partial charge in [0.05, 0.1) is 25.1 Å². The second-order valence-corrected chi connectivity index (χ2v) is 4.13. The van der Waals surface area contributed by atoms with Crippen molar-refractivity contribution >= 4 is 0 Å². The van der Waals surface area contributed by atoms with Crippen LogP contribution in [0.4, 0.5) is 0 Å². The molecule has 0 spiro atoms. The highest BCUT2D eigenvalue weighted by atomic mass is 16.5. The number of methoxy groups -OCH3 is 1. The van der Waals surface area contributed by atoms with Crippen molar-refractivity contribution in [2.45, 2.75) is 19.4 Å². The van der Waals surface area contributed by atoms with E-state index in [2.05, 4.69) is 4.98 Å². The third-order valence-corrected chi connectivity index (χ3v) is 2.95. The molecule has 1 N–H and O–H groups in total. The summed E-state index contributed by atoms with van der Waals surface area (Å²) in [6.07, 6.45) is 2.03. The Kier molecular flexibility index (Phi) is 3.95. The van der Waals surface area contributed by atoms with Gasteiger partial charge in [-0.15, -0.1) is 0 Å². The van der Waals surface area contributed by atoms with Crippen molar-refractivity contribution in [1.82, 2.24) is 4.98 Å². The number of hydrogen-bond acceptors (Lipinski definition) is 3. The molecule has 1 aromatic heterocycles. The summed E-state index contributed by atoms with van der Waals surface area (Å²) in [5, 5.41) is 9.73. The third kappa shape index (κ3) is 2.68. The van der Waals surface area contributed by atoms with Gasteiger partial charge in [-0.05, 0) is 24.1 Å². The Morgan fingerprint density at radius 3 is 2.39 bits per heavy atom. The number of hydrogen-bond donors (Lipinski definition) is 1. The lowest BCUT2D eigenvalue weighted by atomic mass is 10.0. The van der Waals surface area contributed by atoms with Crippen molar-refractivity contribution in [3.8, 4) is 17.0 Å². The molecule has 0 saturated heterocycles. The highest BCUT2D eigenvalue weighted by Crippen LogP contribution is 2.22. The average molecular weight is 243 g/mol. The SMILES string of the molecule is CCC(O)c1ccc(-c2ccc(OC)cn2)cc1. The fourth-order valence-corrected chi connectivity index (χ4v) is 1.78. The number of aliphatic hydroxyl groups is 1. The first-order valence-corrected chi connectivity index (χ1v) is 6.03. The first-order valence-electron chi connectivity index (χ1n) is 6.03. The van der Waals surface area contributed by atoms with Crippen LogP contribution >= 0.6 is 0 Å². The summed E-state index contributed by atoms with van der Waals surface area (Å²) < 4.78 is 5.07. The summed E-state index contributed by atoms with van der Waals surface area (Å²) in [7, 11) is 1.62. The molecule has 0 aliphatic rings. The van der Waals surface area contributed by atoms with Crippen LogP contribution in [0.25, 0.3) is 11.3 Å². The predicted octanol–water partition coefficient (Wildman–Crippen LogP) is 3.20. The van der Waals surface area contributed by atoms with Crippen molar-refractivity contribution < 1.29 is 9.84 Å². The lowest BCUT2D eigenvalue weighted by molar-refractivity contribution is 0.173. The number of benzene rings is 1. The molecule has 0 amide bonds. The number of pyridine rings is 1. The van der Waals surface area contributed by atoms with Crippen LogP contribution in [0.1, 0.15) is 25.0 Å². The van der Waals surface area contributed by atoms with Gasteiger partial charge in [0.1, 0.15) is 5.75 Å². The number of aliphatic hydroxyl groups excluding tert-OH is 1. The molecular formula is C15H17NO2. The largest absolute Gasteiger partial charge is 0.495 e. The zero-order valence-electron chi connectivity index (χ0n) is 10.6. The third-order valence-electron chi connectivity index (χ3n) is 2.95. The molecule has 1 heterocycles. The van der Waals surface area contributed by atoms with E-state index in [0.29, 0.717) is 0 Å². The molecule has 0 aliphatic heterocycles. The molecule has 94 valence electrons. The van der Waals surface area contributed by atoms with Crippen LogP contribution in [0.2, 0.25) is 0 Å². The summed E-state index contributed by atoms with van der Waals surface area (Å²) in [5.41, 5.74) is 2.87. The molecule has 0 fully saturated rings. The van der Waals surface area contributed by atoms with Gasteiger partial charge in [-0.1, -0.05) is 31.2 Å².